The highest BCUT2D eigenvalue weighted by atomic mass is 32.2. The maximum absolute atomic E-state index is 11.3. The summed E-state index contributed by atoms with van der Waals surface area (Å²) in [7, 11) is -2.74. The van der Waals surface area contributed by atoms with Gasteiger partial charge in [-0.25, -0.2) is 13.4 Å². The van der Waals surface area contributed by atoms with E-state index in [-0.39, 0.29) is 0 Å². The molecule has 4 nitrogen and oxygen atoms in total. The number of nitrogens with two attached hydrogens (primary N) is 1. The van der Waals surface area contributed by atoms with Crippen molar-refractivity contribution in [3.63, 3.8) is 0 Å². The number of hydrogen-bond acceptors (Lipinski definition) is 5. The predicted molar refractivity (Wildman–Crippen MR) is 65.1 cm³/mol. The van der Waals surface area contributed by atoms with Crippen LogP contribution in [0.25, 0.3) is 0 Å². The normalized spacial score (nSPS) is 21.1. The van der Waals surface area contributed by atoms with E-state index in [1.807, 2.05) is 5.38 Å². The van der Waals surface area contributed by atoms with Crippen LogP contribution in [0, 0.1) is 5.92 Å². The van der Waals surface area contributed by atoms with Crippen molar-refractivity contribution in [1.82, 2.24) is 4.98 Å². The van der Waals surface area contributed by atoms with Crippen molar-refractivity contribution in [1.29, 1.82) is 0 Å². The maximum atomic E-state index is 11.3. The zero-order valence-corrected chi connectivity index (χ0v) is 10.7. The molecule has 1 aromatic rings. The standard InChI is InChI=1S/C10H16N2O2S2/c11-6-9-7-15-10(12-9)5-8-1-3-16(13,14)4-2-8/h7-8H,1-6,11H2. The molecule has 0 atom stereocenters. The average Bonchev–Trinajstić information content (AvgIpc) is 2.69. The summed E-state index contributed by atoms with van der Waals surface area (Å²) in [5.41, 5.74) is 6.43. The molecule has 1 aromatic heterocycles. The minimum absolute atomic E-state index is 0.340. The van der Waals surface area contributed by atoms with Crippen LogP contribution in [0.15, 0.2) is 5.38 Å². The summed E-state index contributed by atoms with van der Waals surface area (Å²) in [6.45, 7) is 0.482. The van der Waals surface area contributed by atoms with E-state index in [2.05, 4.69) is 4.98 Å². The van der Waals surface area contributed by atoms with Gasteiger partial charge in [-0.1, -0.05) is 0 Å². The second-order valence-electron chi connectivity index (χ2n) is 4.24. The Labute approximate surface area is 99.8 Å². The van der Waals surface area contributed by atoms with E-state index >= 15 is 0 Å². The van der Waals surface area contributed by atoms with Gasteiger partial charge in [0.15, 0.2) is 0 Å². The first-order chi connectivity index (χ1) is 7.59. The van der Waals surface area contributed by atoms with E-state index in [4.69, 9.17) is 5.73 Å². The van der Waals surface area contributed by atoms with Crippen molar-refractivity contribution in [3.8, 4) is 0 Å². The van der Waals surface area contributed by atoms with Crippen molar-refractivity contribution in [2.75, 3.05) is 11.5 Å². The first-order valence-electron chi connectivity index (χ1n) is 5.43. The average molecular weight is 260 g/mol. The van der Waals surface area contributed by atoms with Crippen LogP contribution in [0.5, 0.6) is 0 Å². The second kappa shape index (κ2) is 4.81. The summed E-state index contributed by atoms with van der Waals surface area (Å²) in [6, 6.07) is 0. The van der Waals surface area contributed by atoms with Gasteiger partial charge in [-0.3, -0.25) is 0 Å². The molecule has 2 N–H and O–H groups in total. The van der Waals surface area contributed by atoms with Crippen molar-refractivity contribution >= 4 is 21.2 Å². The van der Waals surface area contributed by atoms with Gasteiger partial charge in [0, 0.05) is 18.3 Å². The van der Waals surface area contributed by atoms with E-state index in [1.165, 1.54) is 0 Å². The highest BCUT2D eigenvalue weighted by Crippen LogP contribution is 2.24. The third-order valence-electron chi connectivity index (χ3n) is 2.95. The highest BCUT2D eigenvalue weighted by molar-refractivity contribution is 7.91. The lowest BCUT2D eigenvalue weighted by Crippen LogP contribution is -2.24. The van der Waals surface area contributed by atoms with E-state index in [9.17, 15) is 8.42 Å². The van der Waals surface area contributed by atoms with Gasteiger partial charge >= 0.3 is 0 Å². The first-order valence-corrected chi connectivity index (χ1v) is 8.13. The van der Waals surface area contributed by atoms with Crippen molar-refractivity contribution in [2.24, 2.45) is 11.7 Å². The smallest absolute Gasteiger partial charge is 0.150 e. The van der Waals surface area contributed by atoms with Gasteiger partial charge in [-0.05, 0) is 18.8 Å². The molecule has 16 heavy (non-hydrogen) atoms. The van der Waals surface area contributed by atoms with Crippen LogP contribution in [0.3, 0.4) is 0 Å². The molecule has 90 valence electrons. The number of nitrogens with zero attached hydrogens (tertiary/aromatic N) is 1. The molecule has 0 bridgehead atoms. The molecule has 0 unspecified atom stereocenters. The molecule has 0 radical (unpaired) electrons. The lowest BCUT2D eigenvalue weighted by atomic mass is 9.99. The van der Waals surface area contributed by atoms with Gasteiger partial charge in [0.2, 0.25) is 0 Å². The summed E-state index contributed by atoms with van der Waals surface area (Å²) in [4.78, 5) is 4.40. The Hall–Kier alpha value is -0.460. The molecular weight excluding hydrogens is 244 g/mol. The van der Waals surface area contributed by atoms with Crippen molar-refractivity contribution in [2.45, 2.75) is 25.8 Å². The molecule has 0 aromatic carbocycles. The number of aromatic nitrogens is 1. The van der Waals surface area contributed by atoms with Crippen LogP contribution in [0.2, 0.25) is 0 Å². The third kappa shape index (κ3) is 3.02. The third-order valence-corrected chi connectivity index (χ3v) is 5.58. The quantitative estimate of drug-likeness (QED) is 0.879. The fourth-order valence-corrected chi connectivity index (χ4v) is 4.44. The molecule has 0 spiro atoms. The predicted octanol–water partition coefficient (Wildman–Crippen LogP) is 0.969. The van der Waals surface area contributed by atoms with E-state index < -0.39 is 9.84 Å². The summed E-state index contributed by atoms with van der Waals surface area (Å²) >= 11 is 1.63. The van der Waals surface area contributed by atoms with Gasteiger partial charge in [-0.15, -0.1) is 11.3 Å². The van der Waals surface area contributed by atoms with Crippen LogP contribution in [0.4, 0.5) is 0 Å². The molecule has 1 aliphatic rings. The van der Waals surface area contributed by atoms with Crippen LogP contribution in [0.1, 0.15) is 23.5 Å². The molecule has 0 aliphatic carbocycles. The zero-order valence-electron chi connectivity index (χ0n) is 9.05. The molecule has 1 fully saturated rings. The molecule has 1 saturated heterocycles. The van der Waals surface area contributed by atoms with Crippen LogP contribution in [-0.2, 0) is 22.8 Å². The fraction of sp³-hybridized carbons (Fsp3) is 0.700. The lowest BCUT2D eigenvalue weighted by Gasteiger charge is -2.20. The molecule has 2 heterocycles. The van der Waals surface area contributed by atoms with Gasteiger partial charge in [0.05, 0.1) is 22.2 Å². The van der Waals surface area contributed by atoms with Crippen LogP contribution < -0.4 is 5.73 Å². The Morgan fingerprint density at radius 1 is 1.44 bits per heavy atom. The molecule has 6 heteroatoms. The minimum Gasteiger partial charge on any atom is -0.325 e. The molecular formula is C10H16N2O2S2. The van der Waals surface area contributed by atoms with E-state index in [1.54, 1.807) is 11.3 Å². The van der Waals surface area contributed by atoms with E-state index in [0.717, 1.165) is 30.0 Å². The molecule has 0 saturated carbocycles. The topological polar surface area (TPSA) is 73.1 Å². The molecule has 2 rings (SSSR count). The Kier molecular flexibility index (Phi) is 3.61. The minimum atomic E-state index is -2.74. The monoisotopic (exact) mass is 260 g/mol. The maximum Gasteiger partial charge on any atom is 0.150 e. The van der Waals surface area contributed by atoms with Gasteiger partial charge in [0.1, 0.15) is 9.84 Å². The largest absolute Gasteiger partial charge is 0.325 e. The van der Waals surface area contributed by atoms with Gasteiger partial charge in [0.25, 0.3) is 0 Å². The highest BCUT2D eigenvalue weighted by Gasteiger charge is 2.24. The Morgan fingerprint density at radius 2 is 2.12 bits per heavy atom. The van der Waals surface area contributed by atoms with Crippen LogP contribution >= 0.6 is 11.3 Å². The van der Waals surface area contributed by atoms with E-state index in [0.29, 0.717) is 24.0 Å². The summed E-state index contributed by atoms with van der Waals surface area (Å²) < 4.78 is 22.5. The van der Waals surface area contributed by atoms with Gasteiger partial charge < -0.3 is 5.73 Å². The SMILES string of the molecule is NCc1csc(CC2CCS(=O)(=O)CC2)n1. The number of hydrogen-bond donors (Lipinski definition) is 1. The number of thiazole rings is 1. The van der Waals surface area contributed by atoms with Crippen molar-refractivity contribution in [3.05, 3.63) is 16.1 Å². The summed E-state index contributed by atoms with van der Waals surface area (Å²) in [5, 5.41) is 3.07. The first kappa shape index (κ1) is 12.0. The summed E-state index contributed by atoms with van der Waals surface area (Å²) in [6.07, 6.45) is 2.46. The second-order valence-corrected chi connectivity index (χ2v) is 7.48. The Balaban J connectivity index is 1.91. The zero-order chi connectivity index (χ0) is 11.6. The Morgan fingerprint density at radius 3 is 2.69 bits per heavy atom. The van der Waals surface area contributed by atoms with Crippen molar-refractivity contribution < 1.29 is 8.42 Å². The Bertz CT molecular complexity index is 439. The summed E-state index contributed by atoms with van der Waals surface area (Å²) in [5.74, 6) is 1.15. The number of rotatable bonds is 3. The van der Waals surface area contributed by atoms with Crippen LogP contribution in [-0.4, -0.2) is 24.9 Å². The fourth-order valence-electron chi connectivity index (χ4n) is 1.93. The van der Waals surface area contributed by atoms with Gasteiger partial charge in [-0.2, -0.15) is 0 Å². The molecule has 1 aliphatic heterocycles. The number of sulfone groups is 1. The lowest BCUT2D eigenvalue weighted by molar-refractivity contribution is 0.462. The molecule has 0 amide bonds.